The quantitative estimate of drug-likeness (QED) is 0.422. The van der Waals surface area contributed by atoms with Gasteiger partial charge in [0.15, 0.2) is 0 Å². The highest BCUT2D eigenvalue weighted by Gasteiger charge is 2.15. The molecule has 0 fully saturated rings. The number of phenolic OH excluding ortho intramolecular Hbond substituents is 1. The lowest BCUT2D eigenvalue weighted by Gasteiger charge is -2.09. The topological polar surface area (TPSA) is 126 Å². The highest BCUT2D eigenvalue weighted by molar-refractivity contribution is 7.13. The van der Waals surface area contributed by atoms with Crippen LogP contribution < -0.4 is 16.6 Å². The first kappa shape index (κ1) is 19.4. The van der Waals surface area contributed by atoms with Crippen molar-refractivity contribution >= 4 is 33.9 Å². The molecule has 0 aliphatic heterocycles. The number of aromatic nitrogens is 2. The molecule has 0 bridgehead atoms. The van der Waals surface area contributed by atoms with Crippen LogP contribution in [0.4, 0.5) is 0 Å². The second-order valence-electron chi connectivity index (χ2n) is 6.34. The monoisotopic (exact) mass is 424 g/mol. The van der Waals surface area contributed by atoms with E-state index in [-0.39, 0.29) is 30.2 Å². The molecule has 9 nitrogen and oxygen atoms in total. The van der Waals surface area contributed by atoms with Gasteiger partial charge in [-0.1, -0.05) is 30.3 Å². The van der Waals surface area contributed by atoms with Crippen LogP contribution in [0.5, 0.6) is 5.75 Å². The van der Waals surface area contributed by atoms with Crippen molar-refractivity contribution in [1.29, 1.82) is 0 Å². The number of nitrogens with one attached hydrogen (secondary N) is 2. The molecule has 10 heteroatoms. The van der Waals surface area contributed by atoms with Gasteiger partial charge in [-0.3, -0.25) is 20.4 Å². The van der Waals surface area contributed by atoms with Crippen molar-refractivity contribution in [2.75, 3.05) is 0 Å². The normalized spacial score (nSPS) is 10.8. The summed E-state index contributed by atoms with van der Waals surface area (Å²) in [6.45, 7) is -0.0172. The number of carbonyl (C=O) groups excluding carboxylic acids is 2. The van der Waals surface area contributed by atoms with Gasteiger partial charge in [0.25, 0.3) is 11.8 Å². The summed E-state index contributed by atoms with van der Waals surface area (Å²) < 4.78 is 6.12. The lowest BCUT2D eigenvalue weighted by atomic mass is 10.1. The summed E-state index contributed by atoms with van der Waals surface area (Å²) in [5, 5.41) is 17.5. The van der Waals surface area contributed by atoms with Crippen LogP contribution in [-0.4, -0.2) is 26.7 Å². The Kier molecular flexibility index (Phi) is 5.31. The van der Waals surface area contributed by atoms with Crippen molar-refractivity contribution in [3.8, 4) is 16.5 Å². The first-order chi connectivity index (χ1) is 14.5. The zero-order chi connectivity index (χ0) is 21.1. The van der Waals surface area contributed by atoms with Crippen LogP contribution in [0.15, 0.2) is 63.1 Å². The Labute approximate surface area is 173 Å². The third-order valence-electron chi connectivity index (χ3n) is 4.31. The predicted molar refractivity (Wildman–Crippen MR) is 110 cm³/mol. The number of nitrogens with zero attached hydrogens (tertiary/aromatic N) is 2. The zero-order valence-corrected chi connectivity index (χ0v) is 16.3. The number of benzene rings is 2. The van der Waals surface area contributed by atoms with Crippen molar-refractivity contribution in [1.82, 2.24) is 20.6 Å². The van der Waals surface area contributed by atoms with Crippen LogP contribution in [0, 0.1) is 0 Å². The molecule has 0 spiro atoms. The summed E-state index contributed by atoms with van der Waals surface area (Å²) in [5.74, 6) is -1.87. The van der Waals surface area contributed by atoms with E-state index in [9.17, 15) is 19.5 Å². The molecule has 2 heterocycles. The fraction of sp³-hybridized carbons (Fsp3) is 0.100. The third kappa shape index (κ3) is 4.08. The molecule has 0 saturated carbocycles. The van der Waals surface area contributed by atoms with Crippen molar-refractivity contribution < 1.29 is 19.1 Å². The minimum atomic E-state index is -0.670. The van der Waals surface area contributed by atoms with Crippen LogP contribution in [0.1, 0.15) is 16.8 Å². The van der Waals surface area contributed by atoms with Crippen LogP contribution in [0.2, 0.25) is 0 Å². The van der Waals surface area contributed by atoms with Gasteiger partial charge >= 0.3 is 5.76 Å². The molecule has 0 saturated heterocycles. The Balaban J connectivity index is 1.35. The van der Waals surface area contributed by atoms with Crippen molar-refractivity contribution in [2.24, 2.45) is 0 Å². The smallest absolute Gasteiger partial charge is 0.437 e. The summed E-state index contributed by atoms with van der Waals surface area (Å²) >= 11 is 1.38. The Hall–Kier alpha value is -3.92. The average Bonchev–Trinajstić information content (AvgIpc) is 3.39. The maximum absolute atomic E-state index is 12.3. The Morgan fingerprint density at radius 1 is 1.10 bits per heavy atom. The van der Waals surface area contributed by atoms with Gasteiger partial charge in [-0.05, 0) is 34.4 Å². The van der Waals surface area contributed by atoms with E-state index in [0.29, 0.717) is 4.88 Å². The van der Waals surface area contributed by atoms with Gasteiger partial charge in [0, 0.05) is 6.42 Å². The van der Waals surface area contributed by atoms with Gasteiger partial charge in [0.05, 0.1) is 17.0 Å². The lowest BCUT2D eigenvalue weighted by Crippen LogP contribution is -2.42. The van der Waals surface area contributed by atoms with Gasteiger partial charge in [-0.2, -0.15) is 4.68 Å². The molecule has 3 N–H and O–H groups in total. The van der Waals surface area contributed by atoms with Crippen molar-refractivity contribution in [3.63, 3.8) is 0 Å². The fourth-order valence-corrected chi connectivity index (χ4v) is 3.47. The molecule has 30 heavy (non-hydrogen) atoms. The van der Waals surface area contributed by atoms with E-state index < -0.39 is 17.6 Å². The molecular formula is C20H16N4O5S. The highest BCUT2D eigenvalue weighted by Crippen LogP contribution is 2.24. The Morgan fingerprint density at radius 2 is 1.87 bits per heavy atom. The van der Waals surface area contributed by atoms with Crippen LogP contribution in [-0.2, 0) is 11.3 Å². The molecule has 2 aromatic heterocycles. The number of rotatable bonds is 5. The first-order valence-electron chi connectivity index (χ1n) is 8.94. The maximum atomic E-state index is 12.3. The Bertz CT molecular complexity index is 1280. The van der Waals surface area contributed by atoms with Crippen molar-refractivity contribution in [2.45, 2.75) is 13.0 Å². The number of thiophene rings is 1. The average molecular weight is 424 g/mol. The molecule has 4 aromatic rings. The SMILES string of the molecule is O=C(CCn1nc(-c2cccs2)oc1=O)NNC(=O)c1cc2ccccc2cc1O. The highest BCUT2D eigenvalue weighted by atomic mass is 32.1. The molecule has 2 amide bonds. The summed E-state index contributed by atoms with van der Waals surface area (Å²) in [5.41, 5.74) is 4.54. The van der Waals surface area contributed by atoms with E-state index in [1.54, 1.807) is 6.07 Å². The number of hydrazine groups is 1. The molecule has 0 aliphatic rings. The standard InChI is InChI=1S/C20H16N4O5S/c25-15-11-13-5-2-1-4-12(13)10-14(15)18(27)22-21-17(26)7-8-24-20(28)29-19(23-24)16-6-3-9-30-16/h1-6,9-11,25H,7-8H2,(H,21,26)(H,22,27). The minimum absolute atomic E-state index is 0.0172. The van der Waals surface area contributed by atoms with Gasteiger partial charge in [-0.15, -0.1) is 16.4 Å². The van der Waals surface area contributed by atoms with E-state index in [2.05, 4.69) is 16.0 Å². The molecule has 0 unspecified atom stereocenters. The van der Waals surface area contributed by atoms with E-state index in [1.165, 1.54) is 23.5 Å². The number of fused-ring (bicyclic) bond motifs is 1. The number of hydrogen-bond donors (Lipinski definition) is 3. The number of hydrogen-bond acceptors (Lipinski definition) is 7. The van der Waals surface area contributed by atoms with Crippen LogP contribution >= 0.6 is 11.3 Å². The summed E-state index contributed by atoms with van der Waals surface area (Å²) in [6.07, 6.45) is -0.111. The van der Waals surface area contributed by atoms with Gasteiger partial charge in [0.1, 0.15) is 5.75 Å². The van der Waals surface area contributed by atoms with E-state index in [0.717, 1.165) is 15.5 Å². The number of carbonyl (C=O) groups is 2. The first-order valence-corrected chi connectivity index (χ1v) is 9.82. The number of aromatic hydroxyl groups is 1. The molecule has 0 radical (unpaired) electrons. The molecular weight excluding hydrogens is 408 g/mol. The van der Waals surface area contributed by atoms with Crippen LogP contribution in [0.3, 0.4) is 0 Å². The van der Waals surface area contributed by atoms with Gasteiger partial charge < -0.3 is 9.52 Å². The minimum Gasteiger partial charge on any atom is -0.507 e. The molecule has 0 aliphatic carbocycles. The number of amides is 2. The molecule has 152 valence electrons. The number of aryl methyl sites for hydroxylation is 1. The zero-order valence-electron chi connectivity index (χ0n) is 15.5. The van der Waals surface area contributed by atoms with Gasteiger partial charge in [-0.25, -0.2) is 4.79 Å². The summed E-state index contributed by atoms with van der Waals surface area (Å²) in [7, 11) is 0. The number of phenols is 1. The maximum Gasteiger partial charge on any atom is 0.437 e. The molecule has 4 rings (SSSR count). The third-order valence-corrected chi connectivity index (χ3v) is 5.17. The largest absolute Gasteiger partial charge is 0.507 e. The van der Waals surface area contributed by atoms with E-state index in [4.69, 9.17) is 4.42 Å². The summed E-state index contributed by atoms with van der Waals surface area (Å²) in [6, 6.07) is 13.9. The van der Waals surface area contributed by atoms with E-state index in [1.807, 2.05) is 35.7 Å². The Morgan fingerprint density at radius 3 is 2.60 bits per heavy atom. The van der Waals surface area contributed by atoms with Crippen LogP contribution in [0.25, 0.3) is 21.5 Å². The molecule has 2 aromatic carbocycles. The predicted octanol–water partition coefficient (Wildman–Crippen LogP) is 2.27. The second-order valence-corrected chi connectivity index (χ2v) is 7.29. The van der Waals surface area contributed by atoms with Crippen molar-refractivity contribution in [3.05, 3.63) is 70.0 Å². The van der Waals surface area contributed by atoms with E-state index >= 15 is 0 Å². The fourth-order valence-electron chi connectivity index (χ4n) is 2.82. The van der Waals surface area contributed by atoms with Gasteiger partial charge in [0.2, 0.25) is 5.91 Å². The lowest BCUT2D eigenvalue weighted by molar-refractivity contribution is -0.122. The summed E-state index contributed by atoms with van der Waals surface area (Å²) in [4.78, 5) is 36.9. The molecule has 0 atom stereocenters. The second kappa shape index (κ2) is 8.21.